The lowest BCUT2D eigenvalue weighted by atomic mass is 9.86. The van der Waals surface area contributed by atoms with Crippen LogP contribution in [0.1, 0.15) is 50.8 Å². The zero-order chi connectivity index (χ0) is 31.2. The maximum atomic E-state index is 15.9. The Bertz CT molecular complexity index is 1500. The van der Waals surface area contributed by atoms with E-state index < -0.39 is 35.1 Å². The summed E-state index contributed by atoms with van der Waals surface area (Å²) in [6, 6.07) is 20.6. The molecule has 10 nitrogen and oxygen atoms in total. The summed E-state index contributed by atoms with van der Waals surface area (Å²) in [5.74, 6) is -0.628. The van der Waals surface area contributed by atoms with Gasteiger partial charge < -0.3 is 14.2 Å². The van der Waals surface area contributed by atoms with Gasteiger partial charge in [0.1, 0.15) is 18.0 Å². The van der Waals surface area contributed by atoms with Crippen LogP contribution >= 0.6 is 0 Å². The first-order valence-electron chi connectivity index (χ1n) is 13.7. The fraction of sp³-hybridized carbons (Fsp3) is 0.312. The Kier molecular flexibility index (Phi) is 9.33. The van der Waals surface area contributed by atoms with Crippen LogP contribution in [0.4, 0.5) is 19.7 Å². The molecule has 3 amide bonds. The number of hydrogen-bond donors (Lipinski definition) is 2. The van der Waals surface area contributed by atoms with Gasteiger partial charge in [-0.3, -0.25) is 20.3 Å². The van der Waals surface area contributed by atoms with Crippen LogP contribution in [-0.2, 0) is 33.0 Å². The molecule has 226 valence electrons. The molecule has 3 aromatic carbocycles. The van der Waals surface area contributed by atoms with Crippen molar-refractivity contribution in [3.8, 4) is 5.75 Å². The molecular weight excluding hydrogens is 555 g/mol. The molecule has 0 fully saturated rings. The highest BCUT2D eigenvalue weighted by molar-refractivity contribution is 6.05. The number of methoxy groups -OCH3 is 1. The molecule has 0 unspecified atom stereocenters. The van der Waals surface area contributed by atoms with Gasteiger partial charge in [-0.2, -0.15) is 0 Å². The van der Waals surface area contributed by atoms with Crippen LogP contribution in [0.3, 0.4) is 0 Å². The van der Waals surface area contributed by atoms with Crippen molar-refractivity contribution in [2.24, 2.45) is 4.99 Å². The summed E-state index contributed by atoms with van der Waals surface area (Å²) in [5.41, 5.74) is -0.792. The number of amides is 3. The molecule has 0 aromatic heterocycles. The van der Waals surface area contributed by atoms with E-state index in [1.54, 1.807) is 77.3 Å². The van der Waals surface area contributed by atoms with Gasteiger partial charge in [-0.1, -0.05) is 54.6 Å². The average Bonchev–Trinajstić information content (AvgIpc) is 2.94. The predicted octanol–water partition coefficient (Wildman–Crippen LogP) is 6.11. The van der Waals surface area contributed by atoms with E-state index >= 15 is 4.39 Å². The number of carbonyl (C=O) groups excluding carboxylic acids is 3. The SMILES string of the molecule is COc1ccc(CN2C(=O)C[C@@](C)(c3cccc(NC(=O)OCc4ccccc4)c3F)N=C2NC(=O)OC(C)(C)C)cc1. The third kappa shape index (κ3) is 8.09. The molecule has 4 rings (SSSR count). The van der Waals surface area contributed by atoms with E-state index in [4.69, 9.17) is 14.2 Å². The Morgan fingerprint density at radius 3 is 2.30 bits per heavy atom. The lowest BCUT2D eigenvalue weighted by Crippen LogP contribution is -2.53. The molecular formula is C32H35FN4O6. The van der Waals surface area contributed by atoms with Crippen molar-refractivity contribution in [2.45, 2.75) is 58.4 Å². The summed E-state index contributed by atoms with van der Waals surface area (Å²) < 4.78 is 31.7. The van der Waals surface area contributed by atoms with Gasteiger partial charge in [-0.15, -0.1) is 0 Å². The van der Waals surface area contributed by atoms with E-state index in [9.17, 15) is 14.4 Å². The number of benzene rings is 3. The Morgan fingerprint density at radius 2 is 1.65 bits per heavy atom. The van der Waals surface area contributed by atoms with E-state index in [2.05, 4.69) is 15.6 Å². The van der Waals surface area contributed by atoms with E-state index in [1.807, 2.05) is 18.2 Å². The van der Waals surface area contributed by atoms with Gasteiger partial charge in [0, 0.05) is 5.56 Å². The van der Waals surface area contributed by atoms with Gasteiger partial charge in [-0.25, -0.2) is 19.0 Å². The van der Waals surface area contributed by atoms with Crippen LogP contribution < -0.4 is 15.4 Å². The molecule has 0 saturated heterocycles. The van der Waals surface area contributed by atoms with Gasteiger partial charge in [0.05, 0.1) is 31.3 Å². The molecule has 0 radical (unpaired) electrons. The van der Waals surface area contributed by atoms with Gasteiger partial charge in [0.15, 0.2) is 5.82 Å². The molecule has 1 heterocycles. The van der Waals surface area contributed by atoms with Gasteiger partial charge in [-0.05, 0) is 57.0 Å². The lowest BCUT2D eigenvalue weighted by Gasteiger charge is -2.37. The van der Waals surface area contributed by atoms with E-state index in [0.29, 0.717) is 5.75 Å². The largest absolute Gasteiger partial charge is 0.497 e. The zero-order valence-electron chi connectivity index (χ0n) is 24.8. The lowest BCUT2D eigenvalue weighted by molar-refractivity contribution is -0.130. The number of halogens is 1. The first-order chi connectivity index (χ1) is 20.4. The van der Waals surface area contributed by atoms with Gasteiger partial charge in [0.2, 0.25) is 11.9 Å². The van der Waals surface area contributed by atoms with Crippen LogP contribution in [-0.4, -0.2) is 41.7 Å². The zero-order valence-corrected chi connectivity index (χ0v) is 24.8. The number of carbonyl (C=O) groups is 3. The maximum absolute atomic E-state index is 15.9. The third-order valence-electron chi connectivity index (χ3n) is 6.55. The summed E-state index contributed by atoms with van der Waals surface area (Å²) in [5, 5.41) is 5.01. The number of guanidine groups is 1. The second-order valence-electron chi connectivity index (χ2n) is 11.2. The number of nitrogens with one attached hydrogen (secondary N) is 2. The average molecular weight is 591 g/mol. The van der Waals surface area contributed by atoms with E-state index in [1.165, 1.54) is 17.0 Å². The Morgan fingerprint density at radius 1 is 0.953 bits per heavy atom. The minimum Gasteiger partial charge on any atom is -0.497 e. The summed E-state index contributed by atoms with van der Waals surface area (Å²) in [4.78, 5) is 44.8. The van der Waals surface area contributed by atoms with Crippen molar-refractivity contribution in [3.05, 3.63) is 95.3 Å². The van der Waals surface area contributed by atoms with E-state index in [0.717, 1.165) is 11.1 Å². The number of nitrogens with zero attached hydrogens (tertiary/aromatic N) is 2. The molecule has 1 atom stereocenters. The van der Waals surface area contributed by atoms with Crippen LogP contribution in [0.25, 0.3) is 0 Å². The third-order valence-corrected chi connectivity index (χ3v) is 6.55. The highest BCUT2D eigenvalue weighted by atomic mass is 19.1. The number of hydrogen-bond acceptors (Lipinski definition) is 7. The predicted molar refractivity (Wildman–Crippen MR) is 159 cm³/mol. The molecule has 2 N–H and O–H groups in total. The molecule has 43 heavy (non-hydrogen) atoms. The second kappa shape index (κ2) is 12.9. The van der Waals surface area contributed by atoms with Crippen molar-refractivity contribution >= 4 is 29.7 Å². The van der Waals surface area contributed by atoms with Crippen LogP contribution in [0.2, 0.25) is 0 Å². The standard InChI is InChI=1S/C32H35FN4O6/c1-31(2,3)43-30(40)35-28-36-32(4,18-26(38)37(28)19-21-14-16-23(41-5)17-15-21)24-12-9-13-25(27(24)33)34-29(39)42-20-22-10-7-6-8-11-22/h6-17H,18-20H2,1-5H3,(H,34,39)(H,35,36,40)/t32-/m0/s1. The van der Waals surface area contributed by atoms with Crippen molar-refractivity contribution in [3.63, 3.8) is 0 Å². The molecule has 1 aliphatic rings. The van der Waals surface area contributed by atoms with E-state index in [-0.39, 0.29) is 36.8 Å². The number of anilines is 1. The second-order valence-corrected chi connectivity index (χ2v) is 11.2. The summed E-state index contributed by atoms with van der Waals surface area (Å²) in [6.07, 6.45) is -1.87. The first-order valence-corrected chi connectivity index (χ1v) is 13.7. The number of ether oxygens (including phenoxy) is 3. The molecule has 0 spiro atoms. The van der Waals surface area contributed by atoms with Crippen molar-refractivity contribution in [1.29, 1.82) is 0 Å². The minimum absolute atomic E-state index is 0.00815. The smallest absolute Gasteiger partial charge is 0.414 e. The fourth-order valence-corrected chi connectivity index (χ4v) is 4.48. The van der Waals surface area contributed by atoms with Crippen molar-refractivity contribution in [1.82, 2.24) is 10.2 Å². The van der Waals surface area contributed by atoms with Crippen molar-refractivity contribution < 1.29 is 33.0 Å². The van der Waals surface area contributed by atoms with Crippen molar-refractivity contribution in [2.75, 3.05) is 12.4 Å². The Hall–Kier alpha value is -4.93. The first kappa shape index (κ1) is 31.0. The number of alkyl carbamates (subject to hydrolysis) is 1. The topological polar surface area (TPSA) is 119 Å². The van der Waals surface area contributed by atoms with Gasteiger partial charge >= 0.3 is 12.2 Å². The molecule has 3 aromatic rings. The molecule has 11 heteroatoms. The highest BCUT2D eigenvalue weighted by Crippen LogP contribution is 2.37. The summed E-state index contributed by atoms with van der Waals surface area (Å²) in [6.45, 7) is 6.80. The van der Waals surface area contributed by atoms with Crippen LogP contribution in [0.15, 0.2) is 77.8 Å². The van der Waals surface area contributed by atoms with Crippen LogP contribution in [0.5, 0.6) is 5.75 Å². The number of aliphatic imine (C=N–C) groups is 1. The Balaban J connectivity index is 1.62. The minimum atomic E-state index is -1.42. The summed E-state index contributed by atoms with van der Waals surface area (Å²) in [7, 11) is 1.55. The normalized spacial score (nSPS) is 16.7. The molecule has 0 aliphatic carbocycles. The molecule has 0 saturated carbocycles. The molecule has 1 aliphatic heterocycles. The highest BCUT2D eigenvalue weighted by Gasteiger charge is 2.41. The quantitative estimate of drug-likeness (QED) is 0.343. The van der Waals surface area contributed by atoms with Gasteiger partial charge in [0.25, 0.3) is 0 Å². The van der Waals surface area contributed by atoms with Crippen LogP contribution in [0, 0.1) is 5.82 Å². The maximum Gasteiger partial charge on any atom is 0.414 e. The monoisotopic (exact) mass is 590 g/mol. The Labute approximate surface area is 249 Å². The summed E-state index contributed by atoms with van der Waals surface area (Å²) >= 11 is 0. The number of rotatable bonds is 7. The fourth-order valence-electron chi connectivity index (χ4n) is 4.48. The molecule has 0 bridgehead atoms.